The molecule has 2 aliphatic rings. The summed E-state index contributed by atoms with van der Waals surface area (Å²) in [5.74, 6) is 0.784. The second-order valence-corrected chi connectivity index (χ2v) is 5.69. The number of hydrogen-bond donors (Lipinski definition) is 2. The standard InChI is InChI=1S/C13H25N3O/c14-10-11-4-8-16(9-5-11)12(17)13(15)6-2-1-3-7-13/h11H,1-10,14-15H2. The molecule has 98 valence electrons. The zero-order valence-electron chi connectivity index (χ0n) is 10.7. The molecular formula is C13H25N3O. The van der Waals surface area contributed by atoms with Crippen LogP contribution in [0.4, 0.5) is 0 Å². The maximum Gasteiger partial charge on any atom is 0.242 e. The van der Waals surface area contributed by atoms with E-state index in [1.807, 2.05) is 4.90 Å². The highest BCUT2D eigenvalue weighted by Gasteiger charge is 2.39. The van der Waals surface area contributed by atoms with Crippen LogP contribution in [0.2, 0.25) is 0 Å². The van der Waals surface area contributed by atoms with Gasteiger partial charge in [-0.25, -0.2) is 0 Å². The van der Waals surface area contributed by atoms with Crippen molar-refractivity contribution in [3.05, 3.63) is 0 Å². The largest absolute Gasteiger partial charge is 0.341 e. The van der Waals surface area contributed by atoms with Crippen molar-refractivity contribution in [1.29, 1.82) is 0 Å². The van der Waals surface area contributed by atoms with Gasteiger partial charge in [-0.3, -0.25) is 4.79 Å². The molecule has 1 amide bonds. The summed E-state index contributed by atoms with van der Waals surface area (Å²) < 4.78 is 0. The van der Waals surface area contributed by atoms with Crippen molar-refractivity contribution in [1.82, 2.24) is 4.90 Å². The van der Waals surface area contributed by atoms with Crippen LogP contribution < -0.4 is 11.5 Å². The molecule has 1 saturated carbocycles. The lowest BCUT2D eigenvalue weighted by molar-refractivity contribution is -0.139. The normalized spacial score (nSPS) is 25.9. The molecule has 4 N–H and O–H groups in total. The van der Waals surface area contributed by atoms with E-state index in [0.717, 1.165) is 58.2 Å². The highest BCUT2D eigenvalue weighted by Crippen LogP contribution is 2.29. The molecule has 2 rings (SSSR count). The van der Waals surface area contributed by atoms with Crippen LogP contribution >= 0.6 is 0 Å². The third-order valence-corrected chi connectivity index (χ3v) is 4.41. The summed E-state index contributed by atoms with van der Waals surface area (Å²) in [5, 5.41) is 0. The number of carbonyl (C=O) groups is 1. The first-order chi connectivity index (χ1) is 8.15. The number of rotatable bonds is 2. The first-order valence-corrected chi connectivity index (χ1v) is 6.94. The Balaban J connectivity index is 1.91. The molecule has 1 saturated heterocycles. The summed E-state index contributed by atoms with van der Waals surface area (Å²) in [6.45, 7) is 2.44. The summed E-state index contributed by atoms with van der Waals surface area (Å²) in [4.78, 5) is 14.4. The van der Waals surface area contributed by atoms with Gasteiger partial charge in [0, 0.05) is 13.1 Å². The van der Waals surface area contributed by atoms with Crippen LogP contribution in [0, 0.1) is 5.92 Å². The van der Waals surface area contributed by atoms with Crippen LogP contribution in [0.25, 0.3) is 0 Å². The zero-order chi connectivity index (χ0) is 12.3. The minimum atomic E-state index is -0.562. The van der Waals surface area contributed by atoms with E-state index in [9.17, 15) is 4.79 Å². The van der Waals surface area contributed by atoms with Gasteiger partial charge < -0.3 is 16.4 Å². The van der Waals surface area contributed by atoms with Crippen LogP contribution in [0.1, 0.15) is 44.9 Å². The number of nitrogens with zero attached hydrogens (tertiary/aromatic N) is 1. The summed E-state index contributed by atoms with van der Waals surface area (Å²) in [5.41, 5.74) is 11.4. The van der Waals surface area contributed by atoms with E-state index >= 15 is 0 Å². The molecule has 0 aromatic rings. The highest BCUT2D eigenvalue weighted by molar-refractivity contribution is 5.86. The third kappa shape index (κ3) is 2.80. The molecule has 0 aromatic heterocycles. The van der Waals surface area contributed by atoms with Crippen molar-refractivity contribution in [3.63, 3.8) is 0 Å². The van der Waals surface area contributed by atoms with Crippen LogP contribution in [-0.4, -0.2) is 36.0 Å². The van der Waals surface area contributed by atoms with Gasteiger partial charge in [0.15, 0.2) is 0 Å². The molecule has 17 heavy (non-hydrogen) atoms. The monoisotopic (exact) mass is 239 g/mol. The van der Waals surface area contributed by atoms with Crippen molar-refractivity contribution >= 4 is 5.91 Å². The van der Waals surface area contributed by atoms with Crippen molar-refractivity contribution in [3.8, 4) is 0 Å². The molecule has 4 heteroatoms. The molecule has 1 aliphatic carbocycles. The predicted molar refractivity (Wildman–Crippen MR) is 68.4 cm³/mol. The molecule has 0 radical (unpaired) electrons. The van der Waals surface area contributed by atoms with Crippen molar-refractivity contribution < 1.29 is 4.79 Å². The van der Waals surface area contributed by atoms with Crippen LogP contribution in [0.15, 0.2) is 0 Å². The van der Waals surface area contributed by atoms with E-state index in [-0.39, 0.29) is 5.91 Å². The maximum absolute atomic E-state index is 12.4. The number of hydrogen-bond acceptors (Lipinski definition) is 3. The Morgan fingerprint density at radius 2 is 1.76 bits per heavy atom. The third-order valence-electron chi connectivity index (χ3n) is 4.41. The van der Waals surface area contributed by atoms with Crippen molar-refractivity contribution in [2.24, 2.45) is 17.4 Å². The quantitative estimate of drug-likeness (QED) is 0.750. The van der Waals surface area contributed by atoms with Crippen LogP contribution in [0.5, 0.6) is 0 Å². The van der Waals surface area contributed by atoms with Gasteiger partial charge in [-0.15, -0.1) is 0 Å². The lowest BCUT2D eigenvalue weighted by Crippen LogP contribution is -2.57. The summed E-state index contributed by atoms with van der Waals surface area (Å²) in [6.07, 6.45) is 7.23. The van der Waals surface area contributed by atoms with Gasteiger partial charge in [0.1, 0.15) is 0 Å². The molecule has 0 aromatic carbocycles. The molecular weight excluding hydrogens is 214 g/mol. The average molecular weight is 239 g/mol. The Kier molecular flexibility index (Phi) is 4.05. The number of nitrogens with two attached hydrogens (primary N) is 2. The van der Waals surface area contributed by atoms with Crippen molar-refractivity contribution in [2.75, 3.05) is 19.6 Å². The average Bonchev–Trinajstić information content (AvgIpc) is 2.39. The molecule has 0 atom stereocenters. The van der Waals surface area contributed by atoms with Crippen molar-refractivity contribution in [2.45, 2.75) is 50.5 Å². The molecule has 0 spiro atoms. The Morgan fingerprint density at radius 1 is 1.18 bits per heavy atom. The second-order valence-electron chi connectivity index (χ2n) is 5.69. The van der Waals surface area contributed by atoms with Gasteiger partial charge in [0.2, 0.25) is 5.91 Å². The lowest BCUT2D eigenvalue weighted by atomic mass is 9.81. The van der Waals surface area contributed by atoms with Gasteiger partial charge in [-0.1, -0.05) is 19.3 Å². The van der Waals surface area contributed by atoms with E-state index in [2.05, 4.69) is 0 Å². The van der Waals surface area contributed by atoms with Crippen LogP contribution in [-0.2, 0) is 4.79 Å². The predicted octanol–water partition coefficient (Wildman–Crippen LogP) is 0.845. The lowest BCUT2D eigenvalue weighted by Gasteiger charge is -2.39. The summed E-state index contributed by atoms with van der Waals surface area (Å²) >= 11 is 0. The first-order valence-electron chi connectivity index (χ1n) is 6.94. The Labute approximate surface area is 104 Å². The molecule has 1 aliphatic heterocycles. The van der Waals surface area contributed by atoms with E-state index in [1.54, 1.807) is 0 Å². The van der Waals surface area contributed by atoms with E-state index in [1.165, 1.54) is 6.42 Å². The van der Waals surface area contributed by atoms with Gasteiger partial charge in [-0.05, 0) is 38.1 Å². The number of amides is 1. The Bertz CT molecular complexity index is 266. The number of carbonyl (C=O) groups excluding carboxylic acids is 1. The van der Waals surface area contributed by atoms with E-state index in [4.69, 9.17) is 11.5 Å². The fourth-order valence-electron chi connectivity index (χ4n) is 3.08. The Morgan fingerprint density at radius 3 is 2.29 bits per heavy atom. The highest BCUT2D eigenvalue weighted by atomic mass is 16.2. The minimum absolute atomic E-state index is 0.188. The fourth-order valence-corrected chi connectivity index (χ4v) is 3.08. The fraction of sp³-hybridized carbons (Fsp3) is 0.923. The number of piperidine rings is 1. The molecule has 0 unspecified atom stereocenters. The van der Waals surface area contributed by atoms with Gasteiger partial charge in [0.25, 0.3) is 0 Å². The molecule has 0 bridgehead atoms. The van der Waals surface area contributed by atoms with Gasteiger partial charge >= 0.3 is 0 Å². The topological polar surface area (TPSA) is 72.3 Å². The SMILES string of the molecule is NCC1CCN(C(=O)C2(N)CCCCC2)CC1. The van der Waals surface area contributed by atoms with Gasteiger partial charge in [-0.2, -0.15) is 0 Å². The van der Waals surface area contributed by atoms with E-state index < -0.39 is 5.54 Å². The van der Waals surface area contributed by atoms with Gasteiger partial charge in [0.05, 0.1) is 5.54 Å². The summed E-state index contributed by atoms with van der Waals surface area (Å²) in [7, 11) is 0. The first kappa shape index (κ1) is 12.8. The number of likely N-dealkylation sites (tertiary alicyclic amines) is 1. The molecule has 1 heterocycles. The minimum Gasteiger partial charge on any atom is -0.341 e. The Hall–Kier alpha value is -0.610. The van der Waals surface area contributed by atoms with Crippen LogP contribution in [0.3, 0.4) is 0 Å². The zero-order valence-corrected chi connectivity index (χ0v) is 10.7. The second kappa shape index (κ2) is 5.36. The molecule has 4 nitrogen and oxygen atoms in total. The smallest absolute Gasteiger partial charge is 0.242 e. The van der Waals surface area contributed by atoms with E-state index in [0.29, 0.717) is 5.92 Å². The molecule has 2 fully saturated rings. The summed E-state index contributed by atoms with van der Waals surface area (Å²) in [6, 6.07) is 0. The maximum atomic E-state index is 12.4.